The fourth-order valence-electron chi connectivity index (χ4n) is 3.44. The summed E-state index contributed by atoms with van der Waals surface area (Å²) in [6, 6.07) is 5.03. The Balaban J connectivity index is 1.83. The summed E-state index contributed by atoms with van der Waals surface area (Å²) in [5.41, 5.74) is 2.88. The molecule has 2 heteroatoms. The van der Waals surface area contributed by atoms with Crippen molar-refractivity contribution in [1.82, 2.24) is 10.3 Å². The standard InChI is InChI=1S/C15H22N2/c1-2-9-14(16-10-3-1)13-8-4-6-12-7-5-11-17-15(12)13/h5,7,11,13-14,16H,1-4,6,8-10H2. The fourth-order valence-corrected chi connectivity index (χ4v) is 3.44. The molecule has 17 heavy (non-hydrogen) atoms. The molecule has 2 atom stereocenters. The Morgan fingerprint density at radius 3 is 3.12 bits per heavy atom. The van der Waals surface area contributed by atoms with E-state index < -0.39 is 0 Å². The first-order valence-corrected chi connectivity index (χ1v) is 7.12. The molecule has 2 heterocycles. The van der Waals surface area contributed by atoms with E-state index in [1.807, 2.05) is 6.20 Å². The van der Waals surface area contributed by atoms with Gasteiger partial charge in [-0.2, -0.15) is 0 Å². The first-order chi connectivity index (χ1) is 8.45. The van der Waals surface area contributed by atoms with E-state index in [1.54, 1.807) is 0 Å². The minimum Gasteiger partial charge on any atom is -0.313 e. The summed E-state index contributed by atoms with van der Waals surface area (Å²) in [5.74, 6) is 0.665. The number of aromatic nitrogens is 1. The van der Waals surface area contributed by atoms with Crippen LogP contribution in [-0.4, -0.2) is 17.6 Å². The predicted octanol–water partition coefficient (Wildman–Crippen LogP) is 3.03. The van der Waals surface area contributed by atoms with Gasteiger partial charge in [-0.3, -0.25) is 4.98 Å². The summed E-state index contributed by atoms with van der Waals surface area (Å²) in [4.78, 5) is 4.67. The van der Waals surface area contributed by atoms with Crippen LogP contribution in [0.4, 0.5) is 0 Å². The highest BCUT2D eigenvalue weighted by Crippen LogP contribution is 2.34. The second-order valence-corrected chi connectivity index (χ2v) is 5.46. The van der Waals surface area contributed by atoms with Crippen molar-refractivity contribution in [2.45, 2.75) is 56.9 Å². The maximum atomic E-state index is 4.67. The lowest BCUT2D eigenvalue weighted by Crippen LogP contribution is -2.36. The number of pyridine rings is 1. The third-order valence-corrected chi connectivity index (χ3v) is 4.32. The Morgan fingerprint density at radius 2 is 2.12 bits per heavy atom. The van der Waals surface area contributed by atoms with Gasteiger partial charge in [0.25, 0.3) is 0 Å². The van der Waals surface area contributed by atoms with Crippen molar-refractivity contribution in [1.29, 1.82) is 0 Å². The summed E-state index contributed by atoms with van der Waals surface area (Å²) in [6.45, 7) is 1.20. The molecule has 3 rings (SSSR count). The SMILES string of the molecule is c1cnc2c(c1)CCCC2C1CCCCCN1. The third-order valence-electron chi connectivity index (χ3n) is 4.32. The molecule has 1 aliphatic heterocycles. The number of hydrogen-bond donors (Lipinski definition) is 1. The van der Waals surface area contributed by atoms with Crippen LogP contribution < -0.4 is 5.32 Å². The van der Waals surface area contributed by atoms with Crippen LogP contribution in [0, 0.1) is 0 Å². The normalized spacial score (nSPS) is 29.4. The number of nitrogens with one attached hydrogen (secondary N) is 1. The van der Waals surface area contributed by atoms with Crippen LogP contribution in [0.1, 0.15) is 55.7 Å². The lowest BCUT2D eigenvalue weighted by molar-refractivity contribution is 0.380. The summed E-state index contributed by atoms with van der Waals surface area (Å²) in [6.07, 6.45) is 11.3. The van der Waals surface area contributed by atoms with Gasteiger partial charge in [-0.15, -0.1) is 0 Å². The average molecular weight is 230 g/mol. The molecule has 1 saturated heterocycles. The van der Waals surface area contributed by atoms with Crippen LogP contribution in [0.3, 0.4) is 0 Å². The van der Waals surface area contributed by atoms with E-state index in [-0.39, 0.29) is 0 Å². The van der Waals surface area contributed by atoms with E-state index >= 15 is 0 Å². The van der Waals surface area contributed by atoms with Crippen LogP contribution in [-0.2, 0) is 6.42 Å². The van der Waals surface area contributed by atoms with Gasteiger partial charge in [-0.1, -0.05) is 18.9 Å². The van der Waals surface area contributed by atoms with Crippen LogP contribution >= 0.6 is 0 Å². The zero-order valence-electron chi connectivity index (χ0n) is 10.5. The van der Waals surface area contributed by atoms with Crippen LogP contribution in [0.5, 0.6) is 0 Å². The minimum atomic E-state index is 0.665. The minimum absolute atomic E-state index is 0.665. The number of hydrogen-bond acceptors (Lipinski definition) is 2. The Labute approximate surface area is 104 Å². The lowest BCUT2D eigenvalue weighted by atomic mass is 9.80. The van der Waals surface area contributed by atoms with Crippen molar-refractivity contribution in [3.8, 4) is 0 Å². The van der Waals surface area contributed by atoms with E-state index in [0.29, 0.717) is 12.0 Å². The maximum absolute atomic E-state index is 4.67. The summed E-state index contributed by atoms with van der Waals surface area (Å²) < 4.78 is 0. The molecule has 0 saturated carbocycles. The highest BCUT2D eigenvalue weighted by Gasteiger charge is 2.28. The van der Waals surface area contributed by atoms with Gasteiger partial charge in [0.1, 0.15) is 0 Å². The van der Waals surface area contributed by atoms with Crippen molar-refractivity contribution in [2.75, 3.05) is 6.54 Å². The third kappa shape index (κ3) is 2.37. The van der Waals surface area contributed by atoms with E-state index in [2.05, 4.69) is 22.4 Å². The van der Waals surface area contributed by atoms with Gasteiger partial charge < -0.3 is 5.32 Å². The molecule has 1 aromatic rings. The maximum Gasteiger partial charge on any atom is 0.0481 e. The Hall–Kier alpha value is -0.890. The Kier molecular flexibility index (Phi) is 3.41. The summed E-state index contributed by atoms with van der Waals surface area (Å²) in [5, 5.41) is 3.75. The van der Waals surface area contributed by atoms with Gasteiger partial charge in [-0.25, -0.2) is 0 Å². The molecule has 0 aromatic carbocycles. The number of rotatable bonds is 1. The molecule has 0 radical (unpaired) electrons. The lowest BCUT2D eigenvalue weighted by Gasteiger charge is -2.31. The molecule has 2 unspecified atom stereocenters. The second-order valence-electron chi connectivity index (χ2n) is 5.46. The predicted molar refractivity (Wildman–Crippen MR) is 70.2 cm³/mol. The molecule has 0 spiro atoms. The largest absolute Gasteiger partial charge is 0.313 e. The van der Waals surface area contributed by atoms with Gasteiger partial charge in [0.2, 0.25) is 0 Å². The quantitative estimate of drug-likeness (QED) is 0.802. The topological polar surface area (TPSA) is 24.9 Å². The molecule has 92 valence electrons. The molecule has 0 bridgehead atoms. The number of aryl methyl sites for hydroxylation is 1. The molecule has 0 amide bonds. The number of nitrogens with zero attached hydrogens (tertiary/aromatic N) is 1. The van der Waals surface area contributed by atoms with E-state index in [4.69, 9.17) is 0 Å². The van der Waals surface area contributed by atoms with Gasteiger partial charge >= 0.3 is 0 Å². The molecular formula is C15H22N2. The van der Waals surface area contributed by atoms with Crippen molar-refractivity contribution >= 4 is 0 Å². The second kappa shape index (κ2) is 5.18. The zero-order chi connectivity index (χ0) is 11.5. The molecule has 1 N–H and O–H groups in total. The molecule has 1 fully saturated rings. The first-order valence-electron chi connectivity index (χ1n) is 7.12. The fraction of sp³-hybridized carbons (Fsp3) is 0.667. The highest BCUT2D eigenvalue weighted by atomic mass is 14.9. The van der Waals surface area contributed by atoms with E-state index in [0.717, 1.165) is 0 Å². The van der Waals surface area contributed by atoms with Gasteiger partial charge in [0.15, 0.2) is 0 Å². The Morgan fingerprint density at radius 1 is 1.12 bits per heavy atom. The monoisotopic (exact) mass is 230 g/mol. The first kappa shape index (κ1) is 11.2. The Bertz CT molecular complexity index is 367. The van der Waals surface area contributed by atoms with E-state index in [9.17, 15) is 0 Å². The van der Waals surface area contributed by atoms with Gasteiger partial charge in [0.05, 0.1) is 0 Å². The summed E-state index contributed by atoms with van der Waals surface area (Å²) in [7, 11) is 0. The molecule has 2 aliphatic rings. The number of fused-ring (bicyclic) bond motifs is 1. The molecule has 1 aliphatic carbocycles. The van der Waals surface area contributed by atoms with Crippen molar-refractivity contribution in [3.63, 3.8) is 0 Å². The molecule has 2 nitrogen and oxygen atoms in total. The van der Waals surface area contributed by atoms with Crippen molar-refractivity contribution in [3.05, 3.63) is 29.6 Å². The van der Waals surface area contributed by atoms with Gasteiger partial charge in [-0.05, 0) is 50.3 Å². The molecule has 1 aromatic heterocycles. The van der Waals surface area contributed by atoms with Crippen molar-refractivity contribution < 1.29 is 0 Å². The van der Waals surface area contributed by atoms with Gasteiger partial charge in [0, 0.05) is 23.9 Å². The van der Waals surface area contributed by atoms with Crippen LogP contribution in [0.2, 0.25) is 0 Å². The van der Waals surface area contributed by atoms with Crippen LogP contribution in [0.25, 0.3) is 0 Å². The van der Waals surface area contributed by atoms with Crippen LogP contribution in [0.15, 0.2) is 18.3 Å². The van der Waals surface area contributed by atoms with Crippen molar-refractivity contribution in [2.24, 2.45) is 0 Å². The smallest absolute Gasteiger partial charge is 0.0481 e. The highest BCUT2D eigenvalue weighted by molar-refractivity contribution is 5.27. The molecular weight excluding hydrogens is 208 g/mol. The summed E-state index contributed by atoms with van der Waals surface area (Å²) >= 11 is 0. The average Bonchev–Trinajstić information content (AvgIpc) is 2.67. The zero-order valence-corrected chi connectivity index (χ0v) is 10.5. The van der Waals surface area contributed by atoms with E-state index in [1.165, 1.54) is 62.7 Å².